The maximum atomic E-state index is 5.03. The average Bonchev–Trinajstić information content (AvgIpc) is 2.22. The summed E-state index contributed by atoms with van der Waals surface area (Å²) in [7, 11) is 1.75. The normalized spacial score (nSPS) is 15.2. The zero-order valence-electron chi connectivity index (χ0n) is 10.8. The Balaban J connectivity index is 3.78. The Bertz CT molecular complexity index is 144. The predicted molar refractivity (Wildman–Crippen MR) is 70.8 cm³/mol. The molecule has 92 valence electrons. The zero-order valence-corrected chi connectivity index (χ0v) is 11.6. The van der Waals surface area contributed by atoms with E-state index in [2.05, 4.69) is 25.4 Å². The van der Waals surface area contributed by atoms with E-state index in [0.29, 0.717) is 5.41 Å². The molecule has 1 unspecified atom stereocenters. The highest BCUT2D eigenvalue weighted by atomic mass is 32.2. The maximum Gasteiger partial charge on any atom is 0.0587 e. The Morgan fingerprint density at radius 3 is 2.60 bits per heavy atom. The molecule has 0 heterocycles. The molecule has 0 bridgehead atoms. The maximum absolute atomic E-state index is 5.03. The monoisotopic (exact) mass is 233 g/mol. The highest BCUT2D eigenvalue weighted by Crippen LogP contribution is 2.28. The van der Waals surface area contributed by atoms with Gasteiger partial charge in [-0.3, -0.25) is 0 Å². The number of ether oxygens (including phenoxy) is 1. The van der Waals surface area contributed by atoms with Crippen LogP contribution in [-0.4, -0.2) is 38.8 Å². The number of hydrogen-bond donors (Lipinski definition) is 1. The fraction of sp³-hybridized carbons (Fsp3) is 1.00. The molecule has 2 nitrogen and oxygen atoms in total. The van der Waals surface area contributed by atoms with Crippen molar-refractivity contribution in [2.45, 2.75) is 33.1 Å². The van der Waals surface area contributed by atoms with Gasteiger partial charge in [0.2, 0.25) is 0 Å². The molecule has 3 heteroatoms. The minimum Gasteiger partial charge on any atom is -0.383 e. The molecule has 0 aromatic heterocycles. The molecule has 0 spiro atoms. The van der Waals surface area contributed by atoms with Crippen molar-refractivity contribution < 1.29 is 4.74 Å². The van der Waals surface area contributed by atoms with Crippen molar-refractivity contribution in [3.8, 4) is 0 Å². The number of hydrogen-bond acceptors (Lipinski definition) is 3. The van der Waals surface area contributed by atoms with Gasteiger partial charge in [-0.05, 0) is 30.3 Å². The largest absolute Gasteiger partial charge is 0.383 e. The van der Waals surface area contributed by atoms with Gasteiger partial charge in [-0.15, -0.1) is 0 Å². The molecule has 1 N–H and O–H groups in total. The third-order valence-corrected chi connectivity index (χ3v) is 3.41. The van der Waals surface area contributed by atoms with Gasteiger partial charge in [0, 0.05) is 20.2 Å². The first kappa shape index (κ1) is 15.3. The minimum absolute atomic E-state index is 0.464. The van der Waals surface area contributed by atoms with Crippen LogP contribution >= 0.6 is 11.8 Å². The molecule has 15 heavy (non-hydrogen) atoms. The van der Waals surface area contributed by atoms with Crippen molar-refractivity contribution in [3.05, 3.63) is 0 Å². The average molecular weight is 233 g/mol. The van der Waals surface area contributed by atoms with Gasteiger partial charge in [-0.25, -0.2) is 0 Å². The summed E-state index contributed by atoms with van der Waals surface area (Å²) < 4.78 is 5.03. The van der Waals surface area contributed by atoms with Gasteiger partial charge >= 0.3 is 0 Å². The van der Waals surface area contributed by atoms with Gasteiger partial charge in [0.25, 0.3) is 0 Å². The molecule has 0 rings (SSSR count). The van der Waals surface area contributed by atoms with Gasteiger partial charge in [-0.1, -0.05) is 20.3 Å². The molecule has 0 fully saturated rings. The molecule has 0 saturated carbocycles. The summed E-state index contributed by atoms with van der Waals surface area (Å²) in [5, 5.41) is 3.49. The Labute approximate surface area is 99.5 Å². The summed E-state index contributed by atoms with van der Waals surface area (Å²) in [4.78, 5) is 0. The molecule has 0 aromatic carbocycles. The molecular weight excluding hydrogens is 206 g/mol. The van der Waals surface area contributed by atoms with E-state index in [0.717, 1.165) is 19.7 Å². The molecule has 1 atom stereocenters. The van der Waals surface area contributed by atoms with Gasteiger partial charge in [0.05, 0.1) is 6.61 Å². The van der Waals surface area contributed by atoms with E-state index >= 15 is 0 Å². The summed E-state index contributed by atoms with van der Waals surface area (Å²) in [6.07, 6.45) is 6.08. The van der Waals surface area contributed by atoms with Crippen LogP contribution in [0.25, 0.3) is 0 Å². The van der Waals surface area contributed by atoms with E-state index in [4.69, 9.17) is 4.74 Å². The number of rotatable bonds is 10. The molecule has 0 amide bonds. The summed E-state index contributed by atoms with van der Waals surface area (Å²) in [6, 6.07) is 0. The molecule has 0 aliphatic rings. The van der Waals surface area contributed by atoms with Crippen LogP contribution in [0.2, 0.25) is 0 Å². The fourth-order valence-electron chi connectivity index (χ4n) is 1.82. The Kier molecular flexibility index (Phi) is 9.66. The topological polar surface area (TPSA) is 21.3 Å². The van der Waals surface area contributed by atoms with Crippen molar-refractivity contribution in [3.63, 3.8) is 0 Å². The summed E-state index contributed by atoms with van der Waals surface area (Å²) >= 11 is 1.95. The van der Waals surface area contributed by atoms with E-state index in [-0.39, 0.29) is 0 Å². The van der Waals surface area contributed by atoms with Crippen LogP contribution in [0.3, 0.4) is 0 Å². The van der Waals surface area contributed by atoms with Crippen LogP contribution in [0.15, 0.2) is 0 Å². The van der Waals surface area contributed by atoms with Crippen molar-refractivity contribution in [2.75, 3.05) is 38.8 Å². The Morgan fingerprint density at radius 1 is 1.33 bits per heavy atom. The van der Waals surface area contributed by atoms with E-state index in [1.54, 1.807) is 7.11 Å². The Hall–Kier alpha value is 0.270. The van der Waals surface area contributed by atoms with E-state index in [9.17, 15) is 0 Å². The molecule has 0 saturated heterocycles. The molecule has 0 aliphatic carbocycles. The third kappa shape index (κ3) is 8.12. The number of thioether (sulfide) groups is 1. The van der Waals surface area contributed by atoms with Crippen LogP contribution < -0.4 is 5.32 Å². The van der Waals surface area contributed by atoms with E-state index in [1.165, 1.54) is 25.0 Å². The van der Waals surface area contributed by atoms with Crippen molar-refractivity contribution in [1.82, 2.24) is 5.32 Å². The van der Waals surface area contributed by atoms with Crippen LogP contribution in [0, 0.1) is 5.41 Å². The quantitative estimate of drug-likeness (QED) is 0.586. The first-order valence-corrected chi connectivity index (χ1v) is 7.26. The second-order valence-electron chi connectivity index (χ2n) is 4.47. The summed E-state index contributed by atoms with van der Waals surface area (Å²) in [5.74, 6) is 1.27. The van der Waals surface area contributed by atoms with Crippen molar-refractivity contribution in [2.24, 2.45) is 5.41 Å². The predicted octanol–water partition coefficient (Wildman–Crippen LogP) is 2.78. The lowest BCUT2D eigenvalue weighted by Gasteiger charge is -2.29. The molecule has 0 aliphatic heterocycles. The van der Waals surface area contributed by atoms with E-state index in [1.807, 2.05) is 11.8 Å². The minimum atomic E-state index is 0.464. The third-order valence-electron chi connectivity index (χ3n) is 2.80. The lowest BCUT2D eigenvalue weighted by atomic mass is 9.83. The van der Waals surface area contributed by atoms with Crippen molar-refractivity contribution in [1.29, 1.82) is 0 Å². The lowest BCUT2D eigenvalue weighted by Crippen LogP contribution is -2.34. The first-order chi connectivity index (χ1) is 7.18. The van der Waals surface area contributed by atoms with Gasteiger partial charge in [0.1, 0.15) is 0 Å². The lowest BCUT2D eigenvalue weighted by molar-refractivity contribution is 0.189. The van der Waals surface area contributed by atoms with Gasteiger partial charge in [-0.2, -0.15) is 11.8 Å². The molecular formula is C12H27NOS. The van der Waals surface area contributed by atoms with Crippen LogP contribution in [0.1, 0.15) is 33.1 Å². The second-order valence-corrected chi connectivity index (χ2v) is 5.46. The van der Waals surface area contributed by atoms with Crippen LogP contribution in [0.5, 0.6) is 0 Å². The van der Waals surface area contributed by atoms with Crippen molar-refractivity contribution >= 4 is 11.8 Å². The Morgan fingerprint density at radius 2 is 2.07 bits per heavy atom. The van der Waals surface area contributed by atoms with E-state index < -0.39 is 0 Å². The molecule has 0 radical (unpaired) electrons. The number of methoxy groups -OCH3 is 1. The van der Waals surface area contributed by atoms with Gasteiger partial charge < -0.3 is 10.1 Å². The fourth-order valence-corrected chi connectivity index (χ4v) is 2.52. The number of nitrogens with one attached hydrogen (secondary N) is 1. The smallest absolute Gasteiger partial charge is 0.0587 e. The zero-order chi connectivity index (χ0) is 11.6. The second kappa shape index (κ2) is 9.49. The first-order valence-electron chi connectivity index (χ1n) is 5.87. The highest BCUT2D eigenvalue weighted by molar-refractivity contribution is 7.98. The SMILES string of the molecule is CCCC(C)(CCSC)CNCCOC. The highest BCUT2D eigenvalue weighted by Gasteiger charge is 2.21. The molecule has 0 aromatic rings. The van der Waals surface area contributed by atoms with Crippen LogP contribution in [-0.2, 0) is 4.74 Å². The summed E-state index contributed by atoms with van der Waals surface area (Å²) in [5.41, 5.74) is 0.464. The standard InChI is InChI=1S/C12H27NOS/c1-5-6-12(2,7-10-15-4)11-13-8-9-14-3/h13H,5-11H2,1-4H3. The van der Waals surface area contributed by atoms with Gasteiger partial charge in [0.15, 0.2) is 0 Å². The van der Waals surface area contributed by atoms with Crippen LogP contribution in [0.4, 0.5) is 0 Å². The summed E-state index contributed by atoms with van der Waals surface area (Å²) in [6.45, 7) is 7.56.